The Kier molecular flexibility index (Phi) is 4.42. The zero-order chi connectivity index (χ0) is 9.10. The highest BCUT2D eigenvalue weighted by Gasteiger charge is 2.13. The lowest BCUT2D eigenvalue weighted by Crippen LogP contribution is -2.32. The molecule has 0 aliphatic carbocycles. The second-order valence-electron chi connectivity index (χ2n) is 3.95. The smallest absolute Gasteiger partial charge is 0.0518 e. The molecule has 1 aliphatic heterocycles. The third-order valence-electron chi connectivity index (χ3n) is 2.61. The first-order valence-electron chi connectivity index (χ1n) is 5.04. The van der Waals surface area contributed by atoms with Gasteiger partial charge in [-0.2, -0.15) is 5.10 Å². The molecular weight excluding hydrogens is 198 g/mol. The van der Waals surface area contributed by atoms with Crippen LogP contribution in [0.3, 0.4) is 0 Å². The van der Waals surface area contributed by atoms with Crippen LogP contribution >= 0.6 is 12.4 Å². The average Bonchev–Trinajstić information content (AvgIpc) is 2.53. The topological polar surface area (TPSA) is 29.9 Å². The van der Waals surface area contributed by atoms with Crippen molar-refractivity contribution < 1.29 is 0 Å². The van der Waals surface area contributed by atoms with E-state index in [0.29, 0.717) is 0 Å². The summed E-state index contributed by atoms with van der Waals surface area (Å²) >= 11 is 0. The van der Waals surface area contributed by atoms with Crippen molar-refractivity contribution >= 4 is 12.4 Å². The standard InChI is InChI=1S/C10H17N3.ClH/c1-9-5-12-13(7-9)8-10-3-2-4-11-6-10;/h5,7,10-11H,2-4,6,8H2,1H3;1H/t10-;/m1./s1. The number of nitrogens with one attached hydrogen (secondary N) is 1. The molecule has 0 unspecified atom stereocenters. The first-order chi connectivity index (χ1) is 6.34. The zero-order valence-electron chi connectivity index (χ0n) is 8.57. The number of rotatable bonds is 2. The summed E-state index contributed by atoms with van der Waals surface area (Å²) in [4.78, 5) is 0. The van der Waals surface area contributed by atoms with Gasteiger partial charge >= 0.3 is 0 Å². The van der Waals surface area contributed by atoms with Crippen molar-refractivity contribution in [3.63, 3.8) is 0 Å². The van der Waals surface area contributed by atoms with E-state index in [1.807, 2.05) is 6.20 Å². The van der Waals surface area contributed by atoms with E-state index < -0.39 is 0 Å². The highest BCUT2D eigenvalue weighted by molar-refractivity contribution is 5.85. The SMILES string of the molecule is Cc1cnn(C[C@@H]2CCCNC2)c1.Cl. The van der Waals surface area contributed by atoms with Gasteiger partial charge in [-0.3, -0.25) is 4.68 Å². The van der Waals surface area contributed by atoms with Gasteiger partial charge in [0.25, 0.3) is 0 Å². The molecule has 2 rings (SSSR count). The molecule has 4 heteroatoms. The van der Waals surface area contributed by atoms with Crippen molar-refractivity contribution in [3.8, 4) is 0 Å². The van der Waals surface area contributed by atoms with Crippen molar-refractivity contribution in [1.82, 2.24) is 15.1 Å². The number of aromatic nitrogens is 2. The Labute approximate surface area is 91.3 Å². The van der Waals surface area contributed by atoms with Crippen LogP contribution in [-0.2, 0) is 6.54 Å². The molecule has 0 radical (unpaired) electrons. The van der Waals surface area contributed by atoms with Gasteiger partial charge in [-0.05, 0) is 44.3 Å². The van der Waals surface area contributed by atoms with Crippen molar-refractivity contribution in [3.05, 3.63) is 18.0 Å². The maximum Gasteiger partial charge on any atom is 0.0518 e. The Balaban J connectivity index is 0.000000980. The molecule has 0 aromatic carbocycles. The third kappa shape index (κ3) is 3.00. The van der Waals surface area contributed by atoms with Gasteiger partial charge in [0.05, 0.1) is 6.20 Å². The first kappa shape index (κ1) is 11.5. The Bertz CT molecular complexity index is 266. The lowest BCUT2D eigenvalue weighted by molar-refractivity contribution is 0.325. The molecule has 0 spiro atoms. The zero-order valence-corrected chi connectivity index (χ0v) is 9.39. The van der Waals surface area contributed by atoms with Gasteiger partial charge in [-0.15, -0.1) is 12.4 Å². The van der Waals surface area contributed by atoms with Crippen LogP contribution in [-0.4, -0.2) is 22.9 Å². The molecule has 0 saturated carbocycles. The summed E-state index contributed by atoms with van der Waals surface area (Å²) in [6.45, 7) is 5.50. The maximum atomic E-state index is 4.30. The monoisotopic (exact) mass is 215 g/mol. The minimum absolute atomic E-state index is 0. The molecule has 1 aromatic rings. The molecule has 1 saturated heterocycles. The highest BCUT2D eigenvalue weighted by atomic mass is 35.5. The molecule has 0 amide bonds. The molecule has 1 aliphatic rings. The average molecular weight is 216 g/mol. The van der Waals surface area contributed by atoms with E-state index in [2.05, 4.69) is 28.2 Å². The van der Waals surface area contributed by atoms with E-state index in [1.54, 1.807) is 0 Å². The van der Waals surface area contributed by atoms with Crippen LogP contribution in [0.15, 0.2) is 12.4 Å². The number of piperidine rings is 1. The van der Waals surface area contributed by atoms with Crippen LogP contribution in [0.25, 0.3) is 0 Å². The normalized spacial score (nSPS) is 21.6. The van der Waals surface area contributed by atoms with Crippen molar-refractivity contribution in [2.24, 2.45) is 5.92 Å². The summed E-state index contributed by atoms with van der Waals surface area (Å²) in [5.74, 6) is 0.771. The fourth-order valence-electron chi connectivity index (χ4n) is 1.91. The lowest BCUT2D eigenvalue weighted by Gasteiger charge is -2.22. The van der Waals surface area contributed by atoms with Crippen LogP contribution in [0.2, 0.25) is 0 Å². The molecule has 1 N–H and O–H groups in total. The summed E-state index contributed by atoms with van der Waals surface area (Å²) in [7, 11) is 0. The molecule has 1 fully saturated rings. The molecular formula is C10H18ClN3. The van der Waals surface area contributed by atoms with E-state index in [0.717, 1.165) is 19.0 Å². The number of hydrogen-bond acceptors (Lipinski definition) is 2. The van der Waals surface area contributed by atoms with Gasteiger partial charge in [0, 0.05) is 12.7 Å². The molecule has 0 bridgehead atoms. The van der Waals surface area contributed by atoms with Crippen LogP contribution in [0.1, 0.15) is 18.4 Å². The maximum absolute atomic E-state index is 4.30. The quantitative estimate of drug-likeness (QED) is 0.813. The summed E-state index contributed by atoms with van der Waals surface area (Å²) < 4.78 is 2.06. The highest BCUT2D eigenvalue weighted by Crippen LogP contribution is 2.12. The van der Waals surface area contributed by atoms with E-state index in [1.165, 1.54) is 24.9 Å². The summed E-state index contributed by atoms with van der Waals surface area (Å²) in [5, 5.41) is 7.72. The van der Waals surface area contributed by atoms with Crippen molar-refractivity contribution in [2.75, 3.05) is 13.1 Å². The number of aryl methyl sites for hydroxylation is 1. The molecule has 1 atom stereocenters. The molecule has 14 heavy (non-hydrogen) atoms. The molecule has 3 nitrogen and oxygen atoms in total. The fourth-order valence-corrected chi connectivity index (χ4v) is 1.91. The van der Waals surface area contributed by atoms with Crippen LogP contribution < -0.4 is 5.32 Å². The van der Waals surface area contributed by atoms with Gasteiger partial charge in [0.15, 0.2) is 0 Å². The number of hydrogen-bond donors (Lipinski definition) is 1. The largest absolute Gasteiger partial charge is 0.316 e. The Morgan fingerprint density at radius 2 is 2.50 bits per heavy atom. The van der Waals surface area contributed by atoms with Crippen molar-refractivity contribution in [1.29, 1.82) is 0 Å². The minimum Gasteiger partial charge on any atom is -0.316 e. The van der Waals surface area contributed by atoms with Gasteiger partial charge in [-0.1, -0.05) is 0 Å². The Morgan fingerprint density at radius 3 is 3.07 bits per heavy atom. The van der Waals surface area contributed by atoms with Gasteiger partial charge < -0.3 is 5.32 Å². The first-order valence-corrected chi connectivity index (χ1v) is 5.04. The van der Waals surface area contributed by atoms with E-state index in [9.17, 15) is 0 Å². The predicted octanol–water partition coefficient (Wildman–Crippen LogP) is 1.61. The van der Waals surface area contributed by atoms with Crippen LogP contribution in [0.4, 0.5) is 0 Å². The van der Waals surface area contributed by atoms with Gasteiger partial charge in [-0.25, -0.2) is 0 Å². The molecule has 2 heterocycles. The second-order valence-corrected chi connectivity index (χ2v) is 3.95. The van der Waals surface area contributed by atoms with Crippen LogP contribution in [0, 0.1) is 12.8 Å². The summed E-state index contributed by atoms with van der Waals surface area (Å²) in [6.07, 6.45) is 6.70. The molecule has 80 valence electrons. The van der Waals surface area contributed by atoms with E-state index in [4.69, 9.17) is 0 Å². The Hall–Kier alpha value is -0.540. The van der Waals surface area contributed by atoms with Crippen LogP contribution in [0.5, 0.6) is 0 Å². The number of nitrogens with zero attached hydrogens (tertiary/aromatic N) is 2. The second kappa shape index (κ2) is 5.37. The van der Waals surface area contributed by atoms with E-state index >= 15 is 0 Å². The van der Waals surface area contributed by atoms with E-state index in [-0.39, 0.29) is 12.4 Å². The Morgan fingerprint density at radius 1 is 1.64 bits per heavy atom. The minimum atomic E-state index is 0. The predicted molar refractivity (Wildman–Crippen MR) is 59.8 cm³/mol. The van der Waals surface area contributed by atoms with Gasteiger partial charge in [0.2, 0.25) is 0 Å². The van der Waals surface area contributed by atoms with Gasteiger partial charge in [0.1, 0.15) is 0 Å². The number of halogens is 1. The third-order valence-corrected chi connectivity index (χ3v) is 2.61. The summed E-state index contributed by atoms with van der Waals surface area (Å²) in [6, 6.07) is 0. The molecule has 1 aromatic heterocycles. The summed E-state index contributed by atoms with van der Waals surface area (Å²) in [5.41, 5.74) is 1.25. The van der Waals surface area contributed by atoms with Crippen molar-refractivity contribution in [2.45, 2.75) is 26.3 Å². The fraction of sp³-hybridized carbons (Fsp3) is 0.700. The lowest BCUT2D eigenvalue weighted by atomic mass is 10.00.